The lowest BCUT2D eigenvalue weighted by atomic mass is 9.85. The lowest BCUT2D eigenvalue weighted by Gasteiger charge is -2.21. The van der Waals surface area contributed by atoms with Crippen molar-refractivity contribution in [1.29, 1.82) is 0 Å². The summed E-state index contributed by atoms with van der Waals surface area (Å²) in [5.74, 6) is 1.46. The monoisotopic (exact) mass is 759 g/mol. The van der Waals surface area contributed by atoms with E-state index in [1.54, 1.807) is 0 Å². The second-order valence-corrected chi connectivity index (χ2v) is 15.9. The van der Waals surface area contributed by atoms with Gasteiger partial charge in [-0.05, 0) is 163 Å². The molecule has 5 aromatic heterocycles. The van der Waals surface area contributed by atoms with Gasteiger partial charge in [0.25, 0.3) is 0 Å². The molecular weight excluding hydrogens is 723 g/mol. The summed E-state index contributed by atoms with van der Waals surface area (Å²) in [6, 6.07) is 51.5. The van der Waals surface area contributed by atoms with Gasteiger partial charge in [-0.1, -0.05) is 60.7 Å². The molecule has 0 spiro atoms. The fraction of sp³-hybridized carbons (Fsp3) is 0.0755. The first kappa shape index (κ1) is 33.6. The number of pyridine rings is 3. The summed E-state index contributed by atoms with van der Waals surface area (Å²) in [5.41, 5.74) is 18.9. The molecule has 0 aliphatic carbocycles. The van der Waals surface area contributed by atoms with Crippen LogP contribution in [0.25, 0.3) is 99.1 Å². The number of para-hydroxylation sites is 4. The number of benzene rings is 7. The molecule has 0 N–H and O–H groups in total. The first-order valence-corrected chi connectivity index (χ1v) is 20.1. The molecule has 0 aliphatic rings. The van der Waals surface area contributed by atoms with Crippen molar-refractivity contribution in [2.75, 3.05) is 0 Å². The largest absolute Gasteiger partial charge is 0.457 e. The molecule has 12 aromatic rings. The molecule has 0 saturated heterocycles. The van der Waals surface area contributed by atoms with Crippen molar-refractivity contribution in [2.24, 2.45) is 0 Å². The van der Waals surface area contributed by atoms with Crippen LogP contribution in [-0.2, 0) is 0 Å². The molecule has 7 aromatic carbocycles. The van der Waals surface area contributed by atoms with Gasteiger partial charge in [0.05, 0.1) is 38.6 Å². The number of aryl methyl sites for hydroxylation is 4. The van der Waals surface area contributed by atoms with Gasteiger partial charge < -0.3 is 4.74 Å². The summed E-state index contributed by atoms with van der Waals surface area (Å²) in [4.78, 5) is 15.2. The van der Waals surface area contributed by atoms with E-state index in [-0.39, 0.29) is 0 Å². The summed E-state index contributed by atoms with van der Waals surface area (Å²) in [7, 11) is 0. The van der Waals surface area contributed by atoms with Crippen molar-refractivity contribution in [3.05, 3.63) is 174 Å². The van der Waals surface area contributed by atoms with Gasteiger partial charge in [-0.15, -0.1) is 0 Å². The van der Waals surface area contributed by atoms with Gasteiger partial charge in [0.2, 0.25) is 0 Å². The van der Waals surface area contributed by atoms with Crippen molar-refractivity contribution in [3.8, 4) is 33.8 Å². The molecule has 0 atom stereocenters. The number of nitrogens with zero attached hydrogens (tertiary/aromatic N) is 5. The van der Waals surface area contributed by atoms with Crippen LogP contribution in [0.5, 0.6) is 11.5 Å². The number of hydrogen-bond donors (Lipinski definition) is 0. The molecule has 0 amide bonds. The lowest BCUT2D eigenvalue weighted by molar-refractivity contribution is 0.484. The van der Waals surface area contributed by atoms with E-state index in [0.29, 0.717) is 0 Å². The minimum absolute atomic E-state index is 0.724. The number of rotatable bonds is 4. The Morgan fingerprint density at radius 1 is 0.407 bits per heavy atom. The van der Waals surface area contributed by atoms with E-state index in [9.17, 15) is 0 Å². The molecule has 6 nitrogen and oxygen atoms in total. The zero-order valence-electron chi connectivity index (χ0n) is 33.1. The third-order valence-corrected chi connectivity index (χ3v) is 12.3. The first-order chi connectivity index (χ1) is 28.9. The molecule has 0 fully saturated rings. The molecular formula is C53H37N5O. The Kier molecular flexibility index (Phi) is 7.09. The average molecular weight is 760 g/mol. The first-order valence-electron chi connectivity index (χ1n) is 20.1. The second-order valence-electron chi connectivity index (χ2n) is 15.9. The maximum absolute atomic E-state index is 6.80. The zero-order valence-corrected chi connectivity index (χ0v) is 33.1. The van der Waals surface area contributed by atoms with Gasteiger partial charge in [0, 0.05) is 27.7 Å². The molecule has 59 heavy (non-hydrogen) atoms. The highest BCUT2D eigenvalue weighted by Crippen LogP contribution is 2.45. The minimum atomic E-state index is 0.724. The van der Waals surface area contributed by atoms with Crippen LogP contribution in [0, 0.1) is 27.7 Å². The molecule has 280 valence electrons. The fourth-order valence-corrected chi connectivity index (χ4v) is 9.69. The van der Waals surface area contributed by atoms with Gasteiger partial charge in [0.15, 0.2) is 0 Å². The van der Waals surface area contributed by atoms with Crippen LogP contribution in [0.3, 0.4) is 0 Å². The highest BCUT2D eigenvalue weighted by Gasteiger charge is 2.22. The number of hydrogen-bond acceptors (Lipinski definition) is 4. The maximum atomic E-state index is 6.80. The van der Waals surface area contributed by atoms with Crippen LogP contribution in [0.1, 0.15) is 22.3 Å². The Bertz CT molecular complexity index is 3720. The molecule has 0 saturated carbocycles. The van der Waals surface area contributed by atoms with Gasteiger partial charge in [-0.25, -0.2) is 9.97 Å². The smallest absolute Gasteiger partial charge is 0.146 e. The Morgan fingerprint density at radius 3 is 1.53 bits per heavy atom. The molecule has 0 aliphatic heterocycles. The van der Waals surface area contributed by atoms with Gasteiger partial charge in [0.1, 0.15) is 22.8 Å². The van der Waals surface area contributed by atoms with Crippen LogP contribution in [0.4, 0.5) is 0 Å². The minimum Gasteiger partial charge on any atom is -0.457 e. The highest BCUT2D eigenvalue weighted by molar-refractivity contribution is 6.17. The van der Waals surface area contributed by atoms with Gasteiger partial charge in [-0.3, -0.25) is 13.8 Å². The Balaban J connectivity index is 1.11. The SMILES string of the molecule is Cc1cccc(C)c1-c1cc2c3ccc(Oc4ccc5c(c4)c4nc6ccccc6n4c4cccnc54)cc3c3nc4ccccc4n3c2cc1-c1c(C)cccc1C. The third-order valence-electron chi connectivity index (χ3n) is 12.3. The topological polar surface area (TPSA) is 56.7 Å². The van der Waals surface area contributed by atoms with Crippen molar-refractivity contribution in [3.63, 3.8) is 0 Å². The van der Waals surface area contributed by atoms with Crippen molar-refractivity contribution in [1.82, 2.24) is 23.8 Å². The normalized spacial score (nSPS) is 12.1. The number of aromatic nitrogens is 5. The predicted octanol–water partition coefficient (Wildman–Crippen LogP) is 13.7. The summed E-state index contributed by atoms with van der Waals surface area (Å²) in [6.45, 7) is 8.89. The molecule has 0 unspecified atom stereocenters. The standard InChI is InChI=1S/C53H37N5O/c1-30-12-9-13-31(2)49(30)39-28-38-36-23-21-34(59-35-22-24-37-42(27-35)53-56-43-16-5-7-18-45(43)57(53)47-20-11-25-54-51(37)47)26-41(36)52-55-44-17-6-8-19-46(44)58(52)48(38)29-40(39)50-32(3)14-10-15-33(50)4/h5-29H,1-4H3. The van der Waals surface area contributed by atoms with E-state index in [1.165, 1.54) is 44.5 Å². The molecule has 5 heterocycles. The van der Waals surface area contributed by atoms with E-state index in [1.807, 2.05) is 24.4 Å². The molecule has 0 radical (unpaired) electrons. The zero-order chi connectivity index (χ0) is 39.5. The molecule has 0 bridgehead atoms. The van der Waals surface area contributed by atoms with Crippen LogP contribution in [0.15, 0.2) is 152 Å². The Hall–Kier alpha value is -7.57. The lowest BCUT2D eigenvalue weighted by Crippen LogP contribution is -1.98. The summed E-state index contributed by atoms with van der Waals surface area (Å²) >= 11 is 0. The number of imidazole rings is 2. The maximum Gasteiger partial charge on any atom is 0.146 e. The van der Waals surface area contributed by atoms with Crippen molar-refractivity contribution in [2.45, 2.75) is 27.7 Å². The average Bonchev–Trinajstić information content (AvgIpc) is 3.84. The van der Waals surface area contributed by atoms with Crippen LogP contribution in [0.2, 0.25) is 0 Å². The number of ether oxygens (including phenoxy) is 1. The second kappa shape index (κ2) is 12.5. The third kappa shape index (κ3) is 4.90. The highest BCUT2D eigenvalue weighted by atomic mass is 16.5. The summed E-state index contributed by atoms with van der Waals surface area (Å²) in [6.07, 6.45) is 1.85. The van der Waals surface area contributed by atoms with Crippen LogP contribution < -0.4 is 4.74 Å². The van der Waals surface area contributed by atoms with Crippen molar-refractivity contribution < 1.29 is 4.74 Å². The Labute approximate surface area is 339 Å². The van der Waals surface area contributed by atoms with Gasteiger partial charge in [-0.2, -0.15) is 0 Å². The van der Waals surface area contributed by atoms with E-state index in [0.717, 1.165) is 88.3 Å². The Morgan fingerprint density at radius 2 is 0.915 bits per heavy atom. The van der Waals surface area contributed by atoms with E-state index in [4.69, 9.17) is 19.7 Å². The molecule has 12 rings (SSSR count). The predicted molar refractivity (Wildman–Crippen MR) is 243 cm³/mol. The van der Waals surface area contributed by atoms with Crippen molar-refractivity contribution >= 4 is 76.8 Å². The van der Waals surface area contributed by atoms with E-state index < -0.39 is 0 Å². The van der Waals surface area contributed by atoms with Crippen LogP contribution >= 0.6 is 0 Å². The van der Waals surface area contributed by atoms with E-state index >= 15 is 0 Å². The van der Waals surface area contributed by atoms with Gasteiger partial charge >= 0.3 is 0 Å². The quantitative estimate of drug-likeness (QED) is 0.168. The molecule has 6 heteroatoms. The summed E-state index contributed by atoms with van der Waals surface area (Å²) in [5, 5.41) is 5.33. The van der Waals surface area contributed by atoms with E-state index in [2.05, 4.69) is 164 Å². The van der Waals surface area contributed by atoms with Crippen LogP contribution in [-0.4, -0.2) is 23.8 Å². The number of fused-ring (bicyclic) bond motifs is 16. The fourth-order valence-electron chi connectivity index (χ4n) is 9.69. The summed E-state index contributed by atoms with van der Waals surface area (Å²) < 4.78 is 11.4.